The fourth-order valence-electron chi connectivity index (χ4n) is 5.00. The summed E-state index contributed by atoms with van der Waals surface area (Å²) >= 11 is 0. The van der Waals surface area contributed by atoms with Gasteiger partial charge in [-0.05, 0) is 59.7 Å². The molecule has 0 atom stereocenters. The van der Waals surface area contributed by atoms with Crippen LogP contribution in [0.5, 0.6) is 11.5 Å². The van der Waals surface area contributed by atoms with Crippen LogP contribution >= 0.6 is 0 Å². The molecule has 0 aliphatic heterocycles. The van der Waals surface area contributed by atoms with Gasteiger partial charge in [-0.2, -0.15) is 27.1 Å². The Kier molecular flexibility index (Phi) is 8.56. The Hall–Kier alpha value is -5.80. The molecule has 6 aromatic carbocycles. The Labute approximate surface area is 274 Å². The number of fused-ring (bicyclic) bond motifs is 2. The van der Waals surface area contributed by atoms with Crippen molar-refractivity contribution in [2.45, 2.75) is 9.79 Å². The lowest BCUT2D eigenvalue weighted by Crippen LogP contribution is -2.01. The second kappa shape index (κ2) is 12.8. The molecule has 0 aliphatic rings. The van der Waals surface area contributed by atoms with Gasteiger partial charge in [0.25, 0.3) is 20.2 Å². The fourth-order valence-corrected chi connectivity index (χ4v) is 6.41. The van der Waals surface area contributed by atoms with Gasteiger partial charge in [-0.3, -0.25) is 9.11 Å². The van der Waals surface area contributed by atoms with Gasteiger partial charge >= 0.3 is 0 Å². The largest absolute Gasteiger partial charge is 0.507 e. The van der Waals surface area contributed by atoms with Crippen LogP contribution in [0, 0.1) is 0 Å². The Bertz CT molecular complexity index is 2370. The number of azo groups is 2. The highest BCUT2D eigenvalue weighted by Crippen LogP contribution is 2.36. The summed E-state index contributed by atoms with van der Waals surface area (Å²) in [5.41, 5.74) is 1.00. The van der Waals surface area contributed by atoms with E-state index in [0.717, 1.165) is 12.1 Å². The van der Waals surface area contributed by atoms with E-state index in [4.69, 9.17) is 0 Å². The number of phenolic OH excluding ortho intramolecular Hbond substituents is 2. The SMILES string of the molecule is O=S(=O)(O)c1cc(N=Nc2ccc(O)c3ccccc23)ccc1/C=C/c1ccc(N=Nc2ccc(O)c3ccccc23)cc1S(=O)(=O)O. The minimum atomic E-state index is -4.78. The lowest BCUT2D eigenvalue weighted by atomic mass is 10.1. The van der Waals surface area contributed by atoms with Crippen molar-refractivity contribution in [1.82, 2.24) is 0 Å². The van der Waals surface area contributed by atoms with E-state index in [9.17, 15) is 36.2 Å². The topological polar surface area (TPSA) is 199 Å². The molecule has 0 spiro atoms. The number of rotatable bonds is 8. The van der Waals surface area contributed by atoms with Crippen LogP contribution in [0.2, 0.25) is 0 Å². The fraction of sp³-hybridized carbons (Fsp3) is 0. The first kappa shape index (κ1) is 32.2. The summed E-state index contributed by atoms with van der Waals surface area (Å²) in [7, 11) is -9.56. The Morgan fingerprint density at radius 3 is 1.21 bits per heavy atom. The van der Waals surface area contributed by atoms with Crippen LogP contribution in [0.4, 0.5) is 22.7 Å². The number of hydrogen-bond donors (Lipinski definition) is 4. The van der Waals surface area contributed by atoms with E-state index in [1.807, 2.05) is 0 Å². The Morgan fingerprint density at radius 2 is 0.833 bits per heavy atom. The summed E-state index contributed by atoms with van der Waals surface area (Å²) < 4.78 is 69.2. The smallest absolute Gasteiger partial charge is 0.295 e. The van der Waals surface area contributed by atoms with Gasteiger partial charge in [0.15, 0.2) is 0 Å². The van der Waals surface area contributed by atoms with Crippen molar-refractivity contribution in [1.29, 1.82) is 0 Å². The number of aromatic hydroxyl groups is 2. The predicted octanol–water partition coefficient (Wildman–Crippen LogP) is 8.90. The Morgan fingerprint density at radius 1 is 0.458 bits per heavy atom. The molecular weight excluding hydrogens is 657 g/mol. The van der Waals surface area contributed by atoms with E-state index in [2.05, 4.69) is 20.5 Å². The molecular formula is C34H24N4O8S2. The zero-order valence-electron chi connectivity index (χ0n) is 24.6. The van der Waals surface area contributed by atoms with E-state index >= 15 is 0 Å². The third-order valence-electron chi connectivity index (χ3n) is 7.30. The second-order valence-corrected chi connectivity index (χ2v) is 13.2. The van der Waals surface area contributed by atoms with Crippen molar-refractivity contribution >= 4 is 76.7 Å². The van der Waals surface area contributed by atoms with Crippen molar-refractivity contribution in [3.63, 3.8) is 0 Å². The number of nitrogens with zero attached hydrogens (tertiary/aromatic N) is 4. The molecule has 240 valence electrons. The molecule has 0 aliphatic carbocycles. The van der Waals surface area contributed by atoms with Gasteiger partial charge in [0.1, 0.15) is 21.3 Å². The number of hydrogen-bond acceptors (Lipinski definition) is 10. The van der Waals surface area contributed by atoms with Crippen LogP contribution in [-0.2, 0) is 20.2 Å². The predicted molar refractivity (Wildman–Crippen MR) is 181 cm³/mol. The van der Waals surface area contributed by atoms with Crippen molar-refractivity contribution in [2.75, 3.05) is 0 Å². The van der Waals surface area contributed by atoms with Crippen LogP contribution in [0.1, 0.15) is 11.1 Å². The minimum Gasteiger partial charge on any atom is -0.507 e. The number of phenols is 2. The molecule has 14 heteroatoms. The van der Waals surface area contributed by atoms with Crippen molar-refractivity contribution in [2.24, 2.45) is 20.5 Å². The average molecular weight is 681 g/mol. The molecule has 0 amide bonds. The molecule has 6 aromatic rings. The summed E-state index contributed by atoms with van der Waals surface area (Å²) in [6.45, 7) is 0. The van der Waals surface area contributed by atoms with Gasteiger partial charge in [0.2, 0.25) is 0 Å². The van der Waals surface area contributed by atoms with E-state index in [-0.39, 0.29) is 34.0 Å². The molecule has 0 bridgehead atoms. The van der Waals surface area contributed by atoms with Crippen LogP contribution in [-0.4, -0.2) is 36.2 Å². The van der Waals surface area contributed by atoms with Gasteiger partial charge in [-0.25, -0.2) is 0 Å². The summed E-state index contributed by atoms with van der Waals surface area (Å²) in [5, 5.41) is 39.2. The van der Waals surface area contributed by atoms with Gasteiger partial charge in [-0.15, -0.1) is 10.2 Å². The molecule has 0 fully saturated rings. The van der Waals surface area contributed by atoms with Crippen LogP contribution in [0.15, 0.2) is 139 Å². The molecule has 0 unspecified atom stereocenters. The summed E-state index contributed by atoms with van der Waals surface area (Å²) in [4.78, 5) is -1.04. The highest BCUT2D eigenvalue weighted by atomic mass is 32.2. The van der Waals surface area contributed by atoms with Crippen molar-refractivity contribution in [3.8, 4) is 11.5 Å². The quantitative estimate of drug-likeness (QED) is 0.0693. The Balaban J connectivity index is 1.32. The van der Waals surface area contributed by atoms with Gasteiger partial charge in [0, 0.05) is 21.5 Å². The second-order valence-electron chi connectivity index (χ2n) is 10.4. The van der Waals surface area contributed by atoms with Crippen molar-refractivity contribution in [3.05, 3.63) is 120 Å². The molecule has 0 radical (unpaired) electrons. The highest BCUT2D eigenvalue weighted by Gasteiger charge is 2.18. The molecule has 12 nitrogen and oxygen atoms in total. The van der Waals surface area contributed by atoms with Crippen molar-refractivity contribution < 1.29 is 36.2 Å². The summed E-state index contributed by atoms with van der Waals surface area (Å²) in [6, 6.07) is 27.8. The molecule has 4 N–H and O–H groups in total. The maximum absolute atomic E-state index is 12.3. The zero-order chi connectivity index (χ0) is 34.1. The van der Waals surface area contributed by atoms with Crippen LogP contribution in [0.3, 0.4) is 0 Å². The standard InChI is InChI=1S/C34H24N4O8S2/c39-31-17-15-29(25-5-1-3-7-27(25)31)37-35-23-13-11-21(33(19-23)47(41,42)43)9-10-22-12-14-24(20-34(22)48(44,45)46)36-38-30-16-18-32(40)28-8-4-2-6-26(28)30/h1-20,39-40H,(H,41,42,43)(H,44,45,46)/b10-9+,37-35?,38-36?. The molecule has 6 rings (SSSR count). The van der Waals surface area contributed by atoms with E-state index in [0.29, 0.717) is 32.9 Å². The average Bonchev–Trinajstić information content (AvgIpc) is 3.06. The van der Waals surface area contributed by atoms with E-state index < -0.39 is 30.0 Å². The number of benzene rings is 6. The van der Waals surface area contributed by atoms with Gasteiger partial charge in [0.05, 0.1) is 22.7 Å². The highest BCUT2D eigenvalue weighted by molar-refractivity contribution is 7.86. The van der Waals surface area contributed by atoms with E-state index in [1.54, 1.807) is 60.7 Å². The first-order valence-corrected chi connectivity index (χ1v) is 16.9. The molecule has 0 saturated carbocycles. The van der Waals surface area contributed by atoms with Crippen LogP contribution < -0.4 is 0 Å². The maximum atomic E-state index is 12.3. The first-order valence-electron chi connectivity index (χ1n) is 14.0. The summed E-state index contributed by atoms with van der Waals surface area (Å²) in [5.74, 6) is 0.127. The van der Waals surface area contributed by atoms with Gasteiger partial charge in [-0.1, -0.05) is 72.8 Å². The molecule has 0 aromatic heterocycles. The normalized spacial score (nSPS) is 12.6. The lowest BCUT2D eigenvalue weighted by Gasteiger charge is -2.07. The monoisotopic (exact) mass is 680 g/mol. The first-order chi connectivity index (χ1) is 22.9. The molecule has 48 heavy (non-hydrogen) atoms. The van der Waals surface area contributed by atoms with Gasteiger partial charge < -0.3 is 10.2 Å². The summed E-state index contributed by atoms with van der Waals surface area (Å²) in [6.07, 6.45) is 2.51. The minimum absolute atomic E-state index is 0.00390. The third-order valence-corrected chi connectivity index (χ3v) is 9.11. The third kappa shape index (κ3) is 6.82. The van der Waals surface area contributed by atoms with Crippen LogP contribution in [0.25, 0.3) is 33.7 Å². The zero-order valence-corrected chi connectivity index (χ0v) is 26.2. The van der Waals surface area contributed by atoms with E-state index in [1.165, 1.54) is 48.6 Å². The molecule has 0 saturated heterocycles. The molecule has 0 heterocycles. The lowest BCUT2D eigenvalue weighted by molar-refractivity contribution is 0.480. The maximum Gasteiger partial charge on any atom is 0.295 e.